The molecule has 0 spiro atoms. The second-order valence-corrected chi connectivity index (χ2v) is 5.99. The van der Waals surface area contributed by atoms with Gasteiger partial charge in [-0.1, -0.05) is 23.7 Å². The number of alkyl halides is 2. The molecule has 0 aliphatic carbocycles. The highest BCUT2D eigenvalue weighted by Gasteiger charge is 2.54. The minimum absolute atomic E-state index is 0.0145. The molecule has 1 amide bonds. The Kier molecular flexibility index (Phi) is 3.93. The first kappa shape index (κ1) is 16.6. The van der Waals surface area contributed by atoms with Crippen LogP contribution in [0.25, 0.3) is 0 Å². The smallest absolute Gasteiger partial charge is 0.352 e. The van der Waals surface area contributed by atoms with Gasteiger partial charge in [0.2, 0.25) is 12.4 Å². The summed E-state index contributed by atoms with van der Waals surface area (Å²) in [7, 11) is 0. The molecule has 1 aromatic carbocycles. The van der Waals surface area contributed by atoms with E-state index in [0.29, 0.717) is 5.56 Å². The molecule has 3 rings (SSSR count). The van der Waals surface area contributed by atoms with E-state index in [9.17, 15) is 23.9 Å². The number of halogens is 3. The number of nitrogens with zero attached hydrogens (tertiary/aromatic N) is 2. The van der Waals surface area contributed by atoms with Crippen molar-refractivity contribution in [3.05, 3.63) is 58.4 Å². The summed E-state index contributed by atoms with van der Waals surface area (Å²) in [5.41, 5.74) is -0.0170. The van der Waals surface area contributed by atoms with Gasteiger partial charge in [0.05, 0.1) is 23.9 Å². The number of hydrogen-bond acceptors (Lipinski definition) is 3. The van der Waals surface area contributed by atoms with E-state index in [4.69, 9.17) is 11.6 Å². The van der Waals surface area contributed by atoms with Gasteiger partial charge in [-0.2, -0.15) is 8.78 Å². The van der Waals surface area contributed by atoms with Gasteiger partial charge in [0.25, 0.3) is 0 Å². The summed E-state index contributed by atoms with van der Waals surface area (Å²) in [6.07, 6.45) is 1.35. The molecule has 24 heavy (non-hydrogen) atoms. The van der Waals surface area contributed by atoms with Crippen LogP contribution in [0.4, 0.5) is 14.5 Å². The van der Waals surface area contributed by atoms with Crippen LogP contribution in [0.15, 0.2) is 36.7 Å². The molecule has 2 heterocycles. The average molecular weight is 356 g/mol. The summed E-state index contributed by atoms with van der Waals surface area (Å²) in [4.78, 5) is 13.2. The largest absolute Gasteiger partial charge is 0.389 e. The summed E-state index contributed by atoms with van der Waals surface area (Å²) < 4.78 is 29.7. The van der Waals surface area contributed by atoms with Crippen LogP contribution in [0, 0.1) is 0 Å². The topological polar surface area (TPSA) is 64.7 Å². The van der Waals surface area contributed by atoms with Crippen molar-refractivity contribution in [2.75, 3.05) is 4.90 Å². The Labute approximate surface area is 141 Å². The van der Waals surface area contributed by atoms with Crippen molar-refractivity contribution >= 4 is 23.2 Å². The third-order valence-electron chi connectivity index (χ3n) is 3.95. The van der Waals surface area contributed by atoms with Crippen molar-refractivity contribution in [3.8, 4) is 0 Å². The Morgan fingerprint density at radius 3 is 2.71 bits per heavy atom. The van der Waals surface area contributed by atoms with Crippen molar-refractivity contribution in [2.45, 2.75) is 25.5 Å². The Morgan fingerprint density at radius 1 is 1.38 bits per heavy atom. The lowest BCUT2D eigenvalue weighted by atomic mass is 9.98. The molecule has 126 valence electrons. The van der Waals surface area contributed by atoms with E-state index >= 15 is 0 Å². The minimum atomic E-state index is -3.72. The van der Waals surface area contributed by atoms with Gasteiger partial charge in [-0.05, 0) is 18.6 Å². The SMILES string of the molecule is C[C@H](O)c1cccc2c1C(F)(F)C(=O)N2Cc1cc[n+](O)cc1Cl. The molecule has 1 atom stereocenters. The Hall–Kier alpha value is -2.25. The van der Waals surface area contributed by atoms with E-state index in [1.54, 1.807) is 0 Å². The first-order valence-electron chi connectivity index (χ1n) is 7.13. The summed E-state index contributed by atoms with van der Waals surface area (Å²) in [5, 5.41) is 19.2. The normalized spacial score (nSPS) is 17.0. The van der Waals surface area contributed by atoms with Gasteiger partial charge in [-0.25, -0.2) is 0 Å². The van der Waals surface area contributed by atoms with Crippen molar-refractivity contribution < 1.29 is 28.6 Å². The maximum absolute atomic E-state index is 14.5. The zero-order valence-electron chi connectivity index (χ0n) is 12.6. The number of aliphatic hydroxyl groups excluding tert-OH is 1. The number of anilines is 1. The van der Waals surface area contributed by atoms with Crippen LogP contribution in [0.5, 0.6) is 0 Å². The molecule has 0 bridgehead atoms. The number of pyridine rings is 1. The zero-order chi connectivity index (χ0) is 17.6. The molecule has 2 N–H and O–H groups in total. The number of benzene rings is 1. The summed E-state index contributed by atoms with van der Waals surface area (Å²) in [5.74, 6) is -5.09. The monoisotopic (exact) mass is 355 g/mol. The maximum Gasteiger partial charge on any atom is 0.352 e. The molecule has 5 nitrogen and oxygen atoms in total. The second-order valence-electron chi connectivity index (χ2n) is 5.58. The Balaban J connectivity index is 2.09. The van der Waals surface area contributed by atoms with Crippen molar-refractivity contribution in [2.24, 2.45) is 0 Å². The zero-order valence-corrected chi connectivity index (χ0v) is 13.3. The van der Waals surface area contributed by atoms with Gasteiger partial charge in [0, 0.05) is 16.4 Å². The van der Waals surface area contributed by atoms with Crippen LogP contribution < -0.4 is 9.63 Å². The molecule has 2 aromatic rings. The summed E-state index contributed by atoms with van der Waals surface area (Å²) >= 11 is 5.99. The van der Waals surface area contributed by atoms with Gasteiger partial charge in [0.1, 0.15) is 5.02 Å². The molecular formula is C16H14ClF2N2O3+. The fourth-order valence-corrected chi connectivity index (χ4v) is 3.02. The molecule has 0 saturated heterocycles. The van der Waals surface area contributed by atoms with Gasteiger partial charge < -0.3 is 10.0 Å². The van der Waals surface area contributed by atoms with Crippen LogP contribution in [0.2, 0.25) is 5.02 Å². The molecular weight excluding hydrogens is 342 g/mol. The molecule has 1 aromatic heterocycles. The number of aromatic nitrogens is 1. The molecule has 0 unspecified atom stereocenters. The fourth-order valence-electron chi connectivity index (χ4n) is 2.80. The number of carbonyl (C=O) groups excluding carboxylic acids is 1. The third-order valence-corrected chi connectivity index (χ3v) is 4.29. The van der Waals surface area contributed by atoms with Gasteiger partial charge >= 0.3 is 11.8 Å². The number of carbonyl (C=O) groups is 1. The Bertz CT molecular complexity index is 827. The number of amides is 1. The number of rotatable bonds is 3. The van der Waals surface area contributed by atoms with Crippen LogP contribution in [-0.2, 0) is 17.3 Å². The molecule has 1 aliphatic heterocycles. The van der Waals surface area contributed by atoms with Crippen molar-refractivity contribution in [3.63, 3.8) is 0 Å². The van der Waals surface area contributed by atoms with E-state index in [0.717, 1.165) is 9.63 Å². The quantitative estimate of drug-likeness (QED) is 0.657. The van der Waals surface area contributed by atoms with Crippen LogP contribution in [-0.4, -0.2) is 16.2 Å². The molecule has 1 aliphatic rings. The lowest BCUT2D eigenvalue weighted by Gasteiger charge is -2.17. The lowest BCUT2D eigenvalue weighted by molar-refractivity contribution is -0.904. The molecule has 0 fully saturated rings. The maximum atomic E-state index is 14.5. The molecule has 0 radical (unpaired) electrons. The number of hydrogen-bond donors (Lipinski definition) is 2. The standard InChI is InChI=1S/C16H14ClF2N2O3/c1-9(22)11-3-2-4-13-14(11)16(18,19)15(23)21(13)7-10-5-6-20(24)8-12(10)17/h2-6,8-9,22,24H,7H2,1H3/q+1/t9-/m0/s1. The molecule has 0 saturated carbocycles. The summed E-state index contributed by atoms with van der Waals surface area (Å²) in [6.45, 7) is 1.19. The van der Waals surface area contributed by atoms with Crippen LogP contribution >= 0.6 is 11.6 Å². The van der Waals surface area contributed by atoms with E-state index in [-0.39, 0.29) is 22.8 Å². The van der Waals surface area contributed by atoms with Crippen LogP contribution in [0.1, 0.15) is 29.7 Å². The average Bonchev–Trinajstić information content (AvgIpc) is 2.70. The van der Waals surface area contributed by atoms with E-state index in [1.807, 2.05) is 0 Å². The van der Waals surface area contributed by atoms with E-state index in [1.165, 1.54) is 43.6 Å². The van der Waals surface area contributed by atoms with E-state index in [2.05, 4.69) is 0 Å². The highest BCUT2D eigenvalue weighted by molar-refractivity contribution is 6.31. The minimum Gasteiger partial charge on any atom is -0.389 e. The Morgan fingerprint density at radius 2 is 2.08 bits per heavy atom. The fraction of sp³-hybridized carbons (Fsp3) is 0.250. The first-order valence-corrected chi connectivity index (χ1v) is 7.51. The lowest BCUT2D eigenvalue weighted by Crippen LogP contribution is -2.35. The van der Waals surface area contributed by atoms with Gasteiger partial charge in [-0.3, -0.25) is 10.0 Å². The first-order chi connectivity index (χ1) is 11.2. The van der Waals surface area contributed by atoms with E-state index < -0.39 is 23.5 Å². The number of fused-ring (bicyclic) bond motifs is 1. The molecule has 8 heteroatoms. The number of aliphatic hydroxyl groups is 1. The third kappa shape index (κ3) is 2.50. The van der Waals surface area contributed by atoms with Crippen molar-refractivity contribution in [1.29, 1.82) is 0 Å². The second kappa shape index (κ2) is 5.68. The highest BCUT2D eigenvalue weighted by atomic mass is 35.5. The van der Waals surface area contributed by atoms with Crippen LogP contribution in [0.3, 0.4) is 0 Å². The predicted molar refractivity (Wildman–Crippen MR) is 81.0 cm³/mol. The van der Waals surface area contributed by atoms with Crippen molar-refractivity contribution in [1.82, 2.24) is 0 Å². The van der Waals surface area contributed by atoms with Gasteiger partial charge in [0.15, 0.2) is 0 Å². The highest BCUT2D eigenvalue weighted by Crippen LogP contribution is 2.48. The van der Waals surface area contributed by atoms with Gasteiger partial charge in [-0.15, -0.1) is 0 Å². The predicted octanol–water partition coefficient (Wildman–Crippen LogP) is 2.56. The summed E-state index contributed by atoms with van der Waals surface area (Å²) in [6, 6.07) is 5.72.